The van der Waals surface area contributed by atoms with Gasteiger partial charge in [-0.15, -0.1) is 0 Å². The van der Waals surface area contributed by atoms with Gasteiger partial charge in [0.2, 0.25) is 11.8 Å². The number of rotatable bonds is 4. The fourth-order valence-electron chi connectivity index (χ4n) is 4.88. The van der Waals surface area contributed by atoms with Crippen LogP contribution in [0.2, 0.25) is 0 Å². The molecule has 0 spiro atoms. The first-order chi connectivity index (χ1) is 15.5. The minimum atomic E-state index is -0.716. The Bertz CT molecular complexity index is 768. The minimum absolute atomic E-state index is 0.0114. The molecule has 0 aliphatic carbocycles. The number of fused-ring (bicyclic) bond motifs is 1. The second kappa shape index (κ2) is 10.7. The van der Waals surface area contributed by atoms with Crippen LogP contribution < -0.4 is 0 Å². The highest BCUT2D eigenvalue weighted by atomic mass is 16.5. The molecule has 8 heteroatoms. The van der Waals surface area contributed by atoms with Crippen molar-refractivity contribution < 1.29 is 24.2 Å². The lowest BCUT2D eigenvalue weighted by atomic mass is 9.94. The normalized spacial score (nSPS) is 29.7. The molecule has 0 aromatic heterocycles. The van der Waals surface area contributed by atoms with Crippen molar-refractivity contribution in [3.05, 3.63) is 35.9 Å². The molecule has 32 heavy (non-hydrogen) atoms. The second-order valence-electron chi connectivity index (χ2n) is 9.23. The molecular formula is C24H35N3O5. The second-order valence-corrected chi connectivity index (χ2v) is 9.23. The third-order valence-corrected chi connectivity index (χ3v) is 6.76. The van der Waals surface area contributed by atoms with E-state index in [-0.39, 0.29) is 43.2 Å². The Morgan fingerprint density at radius 2 is 1.78 bits per heavy atom. The van der Waals surface area contributed by atoms with Gasteiger partial charge in [-0.2, -0.15) is 0 Å². The van der Waals surface area contributed by atoms with Crippen molar-refractivity contribution in [2.45, 2.75) is 50.0 Å². The summed E-state index contributed by atoms with van der Waals surface area (Å²) in [4.78, 5) is 31.9. The zero-order valence-corrected chi connectivity index (χ0v) is 18.9. The maximum absolute atomic E-state index is 13.2. The average molecular weight is 446 g/mol. The molecule has 1 aromatic carbocycles. The molecule has 4 atom stereocenters. The van der Waals surface area contributed by atoms with E-state index in [9.17, 15) is 14.7 Å². The van der Waals surface area contributed by atoms with E-state index < -0.39 is 6.10 Å². The summed E-state index contributed by atoms with van der Waals surface area (Å²) in [6.07, 6.45) is 0.945. The zero-order valence-electron chi connectivity index (χ0n) is 18.9. The first-order valence-electron chi connectivity index (χ1n) is 11.7. The Kier molecular flexibility index (Phi) is 7.78. The first-order valence-corrected chi connectivity index (χ1v) is 11.7. The predicted octanol–water partition coefficient (Wildman–Crippen LogP) is 0.529. The molecule has 176 valence electrons. The molecule has 0 unspecified atom stereocenters. The first kappa shape index (κ1) is 23.2. The van der Waals surface area contributed by atoms with E-state index in [1.807, 2.05) is 35.2 Å². The summed E-state index contributed by atoms with van der Waals surface area (Å²) in [5, 5.41) is 10.3. The van der Waals surface area contributed by atoms with Crippen LogP contribution in [0.1, 0.15) is 24.8 Å². The Hall–Kier alpha value is -2.00. The van der Waals surface area contributed by atoms with Crippen molar-refractivity contribution in [2.24, 2.45) is 0 Å². The van der Waals surface area contributed by atoms with Crippen LogP contribution >= 0.6 is 0 Å². The molecule has 1 N–H and O–H groups in total. The summed E-state index contributed by atoms with van der Waals surface area (Å²) in [6.45, 7) is 4.05. The van der Waals surface area contributed by atoms with E-state index >= 15 is 0 Å². The van der Waals surface area contributed by atoms with Gasteiger partial charge < -0.3 is 29.3 Å². The Balaban J connectivity index is 1.38. The summed E-state index contributed by atoms with van der Waals surface area (Å²) in [6, 6.07) is 9.50. The quantitative estimate of drug-likeness (QED) is 0.728. The lowest BCUT2D eigenvalue weighted by Gasteiger charge is -2.44. The molecule has 4 rings (SSSR count). The monoisotopic (exact) mass is 445 g/mol. The van der Waals surface area contributed by atoms with Crippen LogP contribution in [0.3, 0.4) is 0 Å². The van der Waals surface area contributed by atoms with Crippen LogP contribution in [0.25, 0.3) is 0 Å². The number of carbonyl (C=O) groups excluding carboxylic acids is 2. The summed E-state index contributed by atoms with van der Waals surface area (Å²) in [5.41, 5.74) is 0.953. The van der Waals surface area contributed by atoms with Gasteiger partial charge in [0, 0.05) is 32.7 Å². The number of benzene rings is 1. The van der Waals surface area contributed by atoms with Crippen LogP contribution in [-0.2, 0) is 25.5 Å². The number of hydrogen-bond acceptors (Lipinski definition) is 6. The maximum Gasteiger partial charge on any atom is 0.227 e. The van der Waals surface area contributed by atoms with Gasteiger partial charge in [-0.1, -0.05) is 30.3 Å². The molecule has 2 amide bonds. The number of hydrogen-bond donors (Lipinski definition) is 1. The molecule has 0 saturated carbocycles. The van der Waals surface area contributed by atoms with Crippen molar-refractivity contribution >= 4 is 11.8 Å². The van der Waals surface area contributed by atoms with Gasteiger partial charge in [0.25, 0.3) is 0 Å². The number of aliphatic hydroxyl groups is 1. The average Bonchev–Trinajstić information content (AvgIpc) is 2.78. The SMILES string of the molecule is CN1CCN(C(=O)C[C@H]2CC[C@H]3[C@@H](COC[C@@H](O)CN3C(=O)Cc3ccccc3)O2)CC1. The Labute approximate surface area is 190 Å². The molecule has 0 radical (unpaired) electrons. The van der Waals surface area contributed by atoms with Crippen LogP contribution in [0.4, 0.5) is 0 Å². The fourth-order valence-corrected chi connectivity index (χ4v) is 4.88. The Morgan fingerprint density at radius 1 is 1.03 bits per heavy atom. The van der Waals surface area contributed by atoms with Gasteiger partial charge in [-0.25, -0.2) is 0 Å². The summed E-state index contributed by atoms with van der Waals surface area (Å²) in [7, 11) is 2.07. The highest BCUT2D eigenvalue weighted by Gasteiger charge is 2.40. The molecule has 0 bridgehead atoms. The summed E-state index contributed by atoms with van der Waals surface area (Å²) >= 11 is 0. The van der Waals surface area contributed by atoms with Gasteiger partial charge >= 0.3 is 0 Å². The number of likely N-dealkylation sites (N-methyl/N-ethyl adjacent to an activating group) is 1. The van der Waals surface area contributed by atoms with Gasteiger partial charge in [0.05, 0.1) is 44.3 Å². The van der Waals surface area contributed by atoms with Crippen LogP contribution in [0.15, 0.2) is 30.3 Å². The van der Waals surface area contributed by atoms with Crippen LogP contribution in [0, 0.1) is 0 Å². The Morgan fingerprint density at radius 3 is 2.53 bits per heavy atom. The standard InChI is InChI=1S/C24H35N3O5/c1-25-9-11-26(12-10-25)23(29)14-20-7-8-21-22(32-20)17-31-16-19(28)15-27(21)24(30)13-18-5-3-2-4-6-18/h2-6,19-22,28H,7-17H2,1H3/t19-,20+,21-,22+/m0/s1. The predicted molar refractivity (Wildman–Crippen MR) is 119 cm³/mol. The lowest BCUT2D eigenvalue weighted by molar-refractivity contribution is -0.170. The molecule has 1 aromatic rings. The van der Waals surface area contributed by atoms with E-state index in [2.05, 4.69) is 11.9 Å². The molecular weight excluding hydrogens is 410 g/mol. The third kappa shape index (κ3) is 5.86. The number of nitrogens with zero attached hydrogens (tertiary/aromatic N) is 3. The number of amides is 2. The number of ether oxygens (including phenoxy) is 2. The van der Waals surface area contributed by atoms with Crippen LogP contribution in [-0.4, -0.2) is 109 Å². The molecule has 8 nitrogen and oxygen atoms in total. The lowest BCUT2D eigenvalue weighted by Crippen LogP contribution is -2.58. The third-order valence-electron chi connectivity index (χ3n) is 6.76. The highest BCUT2D eigenvalue weighted by molar-refractivity contribution is 5.79. The van der Waals surface area contributed by atoms with Crippen LogP contribution in [0.5, 0.6) is 0 Å². The number of β-amino-alcohol motifs (C(OH)–C–C–N with tert-alkyl or cyclic N) is 1. The maximum atomic E-state index is 13.2. The summed E-state index contributed by atoms with van der Waals surface area (Å²) < 4.78 is 12.0. The summed E-state index contributed by atoms with van der Waals surface area (Å²) in [5.74, 6) is 0.128. The number of piperazine rings is 1. The fraction of sp³-hybridized carbons (Fsp3) is 0.667. The van der Waals surface area contributed by atoms with E-state index in [0.717, 1.165) is 38.2 Å². The van der Waals surface area contributed by atoms with Crippen molar-refractivity contribution in [2.75, 3.05) is 53.0 Å². The van der Waals surface area contributed by atoms with Gasteiger partial charge in [0.1, 0.15) is 6.10 Å². The van der Waals surface area contributed by atoms with E-state index in [0.29, 0.717) is 25.9 Å². The molecule has 3 saturated heterocycles. The van der Waals surface area contributed by atoms with Crippen molar-refractivity contribution in [3.63, 3.8) is 0 Å². The number of aliphatic hydroxyl groups excluding tert-OH is 1. The topological polar surface area (TPSA) is 82.6 Å². The smallest absolute Gasteiger partial charge is 0.227 e. The van der Waals surface area contributed by atoms with E-state index in [1.54, 1.807) is 4.90 Å². The molecule has 3 fully saturated rings. The number of carbonyl (C=O) groups is 2. The molecule has 3 aliphatic rings. The molecule has 3 heterocycles. The van der Waals surface area contributed by atoms with Crippen molar-refractivity contribution in [1.29, 1.82) is 0 Å². The van der Waals surface area contributed by atoms with Crippen molar-refractivity contribution in [1.82, 2.24) is 14.7 Å². The minimum Gasteiger partial charge on any atom is -0.389 e. The van der Waals surface area contributed by atoms with Gasteiger partial charge in [-0.3, -0.25) is 9.59 Å². The van der Waals surface area contributed by atoms with E-state index in [1.165, 1.54) is 0 Å². The molecule has 3 aliphatic heterocycles. The van der Waals surface area contributed by atoms with Gasteiger partial charge in [0.15, 0.2) is 0 Å². The largest absolute Gasteiger partial charge is 0.389 e. The van der Waals surface area contributed by atoms with Gasteiger partial charge in [-0.05, 0) is 25.5 Å². The zero-order chi connectivity index (χ0) is 22.5. The van der Waals surface area contributed by atoms with Crippen molar-refractivity contribution in [3.8, 4) is 0 Å². The highest BCUT2D eigenvalue weighted by Crippen LogP contribution is 2.28. The van der Waals surface area contributed by atoms with E-state index in [4.69, 9.17) is 9.47 Å².